The van der Waals surface area contributed by atoms with Gasteiger partial charge in [-0.05, 0) is 107 Å². The number of nitrogens with zero attached hydrogens (tertiary/aromatic N) is 1. The molecule has 2 saturated heterocycles. The van der Waals surface area contributed by atoms with Crippen LogP contribution in [0.4, 0.5) is 0 Å². The minimum absolute atomic E-state index is 0.00347. The van der Waals surface area contributed by atoms with Gasteiger partial charge in [-0.15, -0.1) is 0 Å². The fourth-order valence-electron chi connectivity index (χ4n) is 10.5. The first kappa shape index (κ1) is 58.6. The number of cyclic esters (lactones) is 1. The van der Waals surface area contributed by atoms with Gasteiger partial charge in [0, 0.05) is 58.3 Å². The fourth-order valence-corrected chi connectivity index (χ4v) is 10.5. The van der Waals surface area contributed by atoms with Crippen molar-refractivity contribution in [3.63, 3.8) is 0 Å². The Morgan fingerprint density at radius 3 is 2.33 bits per heavy atom. The van der Waals surface area contributed by atoms with Crippen LogP contribution in [0.1, 0.15) is 132 Å². The Kier molecular flexibility index (Phi) is 23.7. The number of hydrogen-bond donors (Lipinski definition) is 3. The number of methoxy groups -OCH3 is 2. The molecule has 392 valence electrons. The average molecular weight is 982 g/mol. The van der Waals surface area contributed by atoms with Crippen molar-refractivity contribution < 1.29 is 67.7 Å². The van der Waals surface area contributed by atoms with Crippen molar-refractivity contribution in [2.24, 2.45) is 35.5 Å². The molecule has 3 N–H and O–H groups in total. The molecule has 0 aromatic carbocycles. The van der Waals surface area contributed by atoms with Crippen molar-refractivity contribution in [1.82, 2.24) is 4.90 Å². The van der Waals surface area contributed by atoms with Gasteiger partial charge in [0.05, 0.1) is 31.5 Å². The summed E-state index contributed by atoms with van der Waals surface area (Å²) in [5, 5.41) is 32.9. The van der Waals surface area contributed by atoms with E-state index in [-0.39, 0.29) is 80.5 Å². The van der Waals surface area contributed by atoms with E-state index in [9.17, 15) is 39.3 Å². The van der Waals surface area contributed by atoms with Crippen LogP contribution in [0.15, 0.2) is 47.6 Å². The Morgan fingerprint density at radius 1 is 0.900 bits per heavy atom. The average Bonchev–Trinajstić information content (AvgIpc) is 3.34. The molecule has 0 spiro atoms. The summed E-state index contributed by atoms with van der Waals surface area (Å²) in [5.74, 6) is -5.40. The highest BCUT2D eigenvalue weighted by Crippen LogP contribution is 2.38. The molecule has 15 heteroatoms. The van der Waals surface area contributed by atoms with Crippen molar-refractivity contribution in [2.45, 2.75) is 187 Å². The topological polar surface area (TPSA) is 205 Å². The van der Waals surface area contributed by atoms with Crippen molar-refractivity contribution >= 4 is 29.2 Å². The lowest BCUT2D eigenvalue weighted by molar-refractivity contribution is -0.265. The van der Waals surface area contributed by atoms with E-state index in [4.69, 9.17) is 28.4 Å². The largest absolute Gasteiger partial charge is 0.460 e. The first-order valence-corrected chi connectivity index (χ1v) is 25.6. The van der Waals surface area contributed by atoms with E-state index in [2.05, 4.69) is 12.0 Å². The second-order valence-electron chi connectivity index (χ2n) is 20.4. The number of ether oxygens (including phenoxy) is 6. The van der Waals surface area contributed by atoms with E-state index >= 15 is 0 Å². The molecular formula is C55H83NO14. The molecule has 2 bridgehead atoms. The van der Waals surface area contributed by atoms with Crippen LogP contribution < -0.4 is 0 Å². The van der Waals surface area contributed by atoms with Crippen LogP contribution in [0.25, 0.3) is 0 Å². The fraction of sp³-hybridized carbons (Fsp3) is 0.727. The van der Waals surface area contributed by atoms with Crippen LogP contribution in [0.5, 0.6) is 0 Å². The zero-order valence-corrected chi connectivity index (χ0v) is 43.4. The van der Waals surface area contributed by atoms with Gasteiger partial charge in [0.1, 0.15) is 42.3 Å². The maximum absolute atomic E-state index is 14.5. The monoisotopic (exact) mass is 982 g/mol. The third-order valence-corrected chi connectivity index (χ3v) is 14.9. The molecule has 15 nitrogen and oxygen atoms in total. The molecule has 3 fully saturated rings. The Balaban J connectivity index is 1.72. The number of fused-ring (bicyclic) bond motifs is 3. The van der Waals surface area contributed by atoms with Gasteiger partial charge in [-0.25, -0.2) is 4.79 Å². The van der Waals surface area contributed by atoms with Crippen molar-refractivity contribution in [1.29, 1.82) is 0 Å². The number of amides is 1. The van der Waals surface area contributed by atoms with E-state index in [1.54, 1.807) is 40.9 Å². The number of aliphatic hydroxyl groups excluding tert-OH is 2. The van der Waals surface area contributed by atoms with Gasteiger partial charge in [0.2, 0.25) is 5.79 Å². The number of ketones is 3. The second kappa shape index (κ2) is 28.3. The lowest BCUT2D eigenvalue weighted by atomic mass is 9.78. The van der Waals surface area contributed by atoms with Gasteiger partial charge >= 0.3 is 5.97 Å². The Morgan fingerprint density at radius 2 is 1.64 bits per heavy atom. The molecule has 1 saturated carbocycles. The molecule has 4 aliphatic rings. The van der Waals surface area contributed by atoms with Crippen LogP contribution in [0.2, 0.25) is 0 Å². The maximum atomic E-state index is 14.5. The van der Waals surface area contributed by atoms with E-state index in [1.165, 1.54) is 12.0 Å². The number of piperidine rings is 1. The highest BCUT2D eigenvalue weighted by Gasteiger charge is 2.53. The SMILES string of the molecule is CC#CO[C@H]1C[C@@H]2CC[C@@H](C)[C@@](O)(O2)C(=O)C(=O)N2CCCC[C@H]2C(=O)O[C@H]([C@H](C)C[C@@H]2CC[C@H](OCCO)[C@H](OC)C2)CC(=O)[C@H](C)/C=C(\C)[C@@H](O)[C@@H](OC)C(=O)[C@H](C)C[C@H](C)/C=C/C=CC=C1C. The van der Waals surface area contributed by atoms with Crippen LogP contribution in [-0.2, 0) is 52.4 Å². The zero-order valence-electron chi connectivity index (χ0n) is 43.4. The molecule has 4 rings (SSSR count). The Bertz CT molecular complexity index is 1950. The summed E-state index contributed by atoms with van der Waals surface area (Å²) >= 11 is 0. The van der Waals surface area contributed by atoms with E-state index < -0.39 is 77.8 Å². The number of rotatable bonds is 9. The third kappa shape index (κ3) is 16.0. The van der Waals surface area contributed by atoms with Crippen LogP contribution in [-0.4, -0.2) is 138 Å². The molecule has 15 atom stereocenters. The van der Waals surface area contributed by atoms with Crippen LogP contribution in [0, 0.1) is 47.5 Å². The Labute approximate surface area is 416 Å². The first-order valence-electron chi connectivity index (χ1n) is 25.6. The summed E-state index contributed by atoms with van der Waals surface area (Å²) in [6.07, 6.45) is 14.1. The predicted octanol–water partition coefficient (Wildman–Crippen LogP) is 6.55. The van der Waals surface area contributed by atoms with Crippen molar-refractivity contribution in [2.75, 3.05) is 34.0 Å². The maximum Gasteiger partial charge on any atom is 0.329 e. The number of allylic oxidation sites excluding steroid dienone is 6. The van der Waals surface area contributed by atoms with Crippen LogP contribution in [0.3, 0.4) is 0 Å². The van der Waals surface area contributed by atoms with Gasteiger partial charge in [0.25, 0.3) is 11.7 Å². The number of carbonyl (C=O) groups is 5. The molecule has 1 amide bonds. The molecule has 0 radical (unpaired) electrons. The number of hydrogen-bond acceptors (Lipinski definition) is 14. The Hall–Kier alpha value is -4.01. The van der Waals surface area contributed by atoms with E-state index in [1.807, 2.05) is 58.1 Å². The van der Waals surface area contributed by atoms with Gasteiger partial charge in [-0.2, -0.15) is 0 Å². The van der Waals surface area contributed by atoms with Gasteiger partial charge in [-0.3, -0.25) is 19.2 Å². The molecule has 0 aromatic heterocycles. The molecular weight excluding hydrogens is 899 g/mol. The van der Waals surface area contributed by atoms with Gasteiger partial charge in [-0.1, -0.05) is 77.0 Å². The standard InChI is InChI=1S/C55H83NO14/c1-11-26-67-46-32-42-22-20-40(8)55(64,70-42)52(61)53(62)56-24-16-15-19-43(56)54(63)69-47(37(5)30-41-21-23-45(68-27-25-57)48(31-41)65-9)33-44(58)36(4)29-39(7)50(60)51(66-10)49(59)38(6)28-34(2)17-13-12-14-18-35(46)3/h12-14,17-18,29,34,36-38,40-43,45-48,50-51,57,60,64H,15-16,19-25,27-28,30-33H2,1-10H3/b14-12?,17-13+,35-18?,39-29+/t34-,36-,37-,38-,40-,41+,42+,43+,45+,46+,47+,48-,50-,51+,55-/m1/s1. The van der Waals surface area contributed by atoms with E-state index in [0.29, 0.717) is 56.9 Å². The summed E-state index contributed by atoms with van der Waals surface area (Å²) in [5.41, 5.74) is 1.18. The molecule has 3 heterocycles. The zero-order chi connectivity index (χ0) is 51.7. The smallest absolute Gasteiger partial charge is 0.329 e. The normalized spacial score (nSPS) is 36.9. The molecule has 0 unspecified atom stereocenters. The number of Topliss-reactive ketones (excluding diaryl/α,β-unsaturated/α-hetero) is 3. The predicted molar refractivity (Wildman–Crippen MR) is 263 cm³/mol. The van der Waals surface area contributed by atoms with Crippen molar-refractivity contribution in [3.8, 4) is 12.0 Å². The molecule has 70 heavy (non-hydrogen) atoms. The summed E-state index contributed by atoms with van der Waals surface area (Å²) in [4.78, 5) is 72.4. The second-order valence-corrected chi connectivity index (χ2v) is 20.4. The molecule has 1 aliphatic carbocycles. The number of carbonyl (C=O) groups excluding carboxylic acids is 5. The quantitative estimate of drug-likeness (QED) is 0.0971. The number of esters is 1. The lowest BCUT2D eigenvalue weighted by Gasteiger charge is -2.42. The van der Waals surface area contributed by atoms with E-state index in [0.717, 1.165) is 12.0 Å². The summed E-state index contributed by atoms with van der Waals surface area (Å²) in [7, 11) is 3.00. The van der Waals surface area contributed by atoms with Gasteiger partial charge in [0.15, 0.2) is 5.78 Å². The summed E-state index contributed by atoms with van der Waals surface area (Å²) < 4.78 is 35.7. The first-order chi connectivity index (χ1) is 33.3. The number of aliphatic hydroxyl groups is 3. The third-order valence-electron chi connectivity index (χ3n) is 14.9. The highest BCUT2D eigenvalue weighted by atomic mass is 16.6. The lowest BCUT2D eigenvalue weighted by Crippen LogP contribution is -2.61. The molecule has 0 aromatic rings. The van der Waals surface area contributed by atoms with Crippen LogP contribution >= 0.6 is 0 Å². The highest BCUT2D eigenvalue weighted by molar-refractivity contribution is 6.39. The van der Waals surface area contributed by atoms with Gasteiger partial charge < -0.3 is 48.6 Å². The van der Waals surface area contributed by atoms with Crippen molar-refractivity contribution in [3.05, 3.63) is 47.6 Å². The molecule has 3 aliphatic heterocycles. The minimum atomic E-state index is -2.47. The minimum Gasteiger partial charge on any atom is -0.460 e. The summed E-state index contributed by atoms with van der Waals surface area (Å²) in [6, 6.07) is -1.16. The summed E-state index contributed by atoms with van der Waals surface area (Å²) in [6.45, 7) is 14.4.